The molecule has 1 aromatic carbocycles. The van der Waals surface area contributed by atoms with E-state index in [9.17, 15) is 27.9 Å². The SMILES string of the molecule is CC(C)(O)C(=O)Nc1sc(Sc2cccc(OC(F)(F)F)c2)cc1C(N)=O. The molecule has 0 saturated carbocycles. The molecule has 2 aromatic rings. The van der Waals surface area contributed by atoms with Crippen LogP contribution in [0, 0.1) is 0 Å². The molecule has 11 heteroatoms. The fraction of sp³-hybridized carbons (Fsp3) is 0.250. The second-order valence-electron chi connectivity index (χ2n) is 5.81. The summed E-state index contributed by atoms with van der Waals surface area (Å²) in [5, 5.41) is 12.3. The van der Waals surface area contributed by atoms with E-state index in [2.05, 4.69) is 10.1 Å². The molecule has 0 saturated heterocycles. The standard InChI is InChI=1S/C16H15F3N2O4S2/c1-15(2,24)14(23)21-13-10(12(20)22)7-11(27-13)26-9-5-3-4-8(6-9)25-16(17,18)19/h3-7,24H,1-2H3,(H2,20,22)(H,21,23). The van der Waals surface area contributed by atoms with Crippen molar-refractivity contribution >= 4 is 39.9 Å². The number of nitrogens with two attached hydrogens (primary N) is 1. The monoisotopic (exact) mass is 420 g/mol. The summed E-state index contributed by atoms with van der Waals surface area (Å²) in [6.07, 6.45) is -4.81. The van der Waals surface area contributed by atoms with E-state index in [4.69, 9.17) is 5.73 Å². The van der Waals surface area contributed by atoms with Crippen molar-refractivity contribution in [3.8, 4) is 5.75 Å². The molecule has 1 heterocycles. The molecule has 0 aliphatic heterocycles. The van der Waals surface area contributed by atoms with Gasteiger partial charge in [0, 0.05) is 4.90 Å². The molecule has 0 fully saturated rings. The number of anilines is 1. The van der Waals surface area contributed by atoms with E-state index in [1.807, 2.05) is 0 Å². The first kappa shape index (κ1) is 21.1. The molecule has 4 N–H and O–H groups in total. The highest BCUT2D eigenvalue weighted by molar-refractivity contribution is 8.01. The molecule has 2 rings (SSSR count). The Balaban J connectivity index is 2.25. The summed E-state index contributed by atoms with van der Waals surface area (Å²) in [6, 6.07) is 6.72. The van der Waals surface area contributed by atoms with Gasteiger partial charge in [0.2, 0.25) is 0 Å². The van der Waals surface area contributed by atoms with Crippen LogP contribution in [0.3, 0.4) is 0 Å². The highest BCUT2D eigenvalue weighted by Crippen LogP contribution is 2.40. The van der Waals surface area contributed by atoms with Crippen LogP contribution in [0.5, 0.6) is 5.75 Å². The lowest BCUT2D eigenvalue weighted by Crippen LogP contribution is -2.36. The number of carbonyl (C=O) groups is 2. The maximum absolute atomic E-state index is 12.3. The Labute approximate surface area is 160 Å². The van der Waals surface area contributed by atoms with Crippen LogP contribution in [0.25, 0.3) is 0 Å². The number of hydrogen-bond donors (Lipinski definition) is 3. The van der Waals surface area contributed by atoms with Crippen molar-refractivity contribution in [2.75, 3.05) is 5.32 Å². The number of alkyl halides is 3. The van der Waals surface area contributed by atoms with Gasteiger partial charge < -0.3 is 20.9 Å². The molecule has 27 heavy (non-hydrogen) atoms. The van der Waals surface area contributed by atoms with Crippen LogP contribution in [-0.2, 0) is 4.79 Å². The Kier molecular flexibility index (Phi) is 6.07. The number of halogens is 3. The third-order valence-electron chi connectivity index (χ3n) is 3.02. The van der Waals surface area contributed by atoms with Gasteiger partial charge in [-0.3, -0.25) is 9.59 Å². The Morgan fingerprint density at radius 3 is 2.48 bits per heavy atom. The van der Waals surface area contributed by atoms with Crippen LogP contribution in [-0.4, -0.2) is 28.9 Å². The van der Waals surface area contributed by atoms with Crippen LogP contribution < -0.4 is 15.8 Å². The predicted molar refractivity (Wildman–Crippen MR) is 95.0 cm³/mol. The van der Waals surface area contributed by atoms with Crippen molar-refractivity contribution in [2.45, 2.75) is 34.9 Å². The molecule has 0 atom stereocenters. The summed E-state index contributed by atoms with van der Waals surface area (Å²) in [5.74, 6) is -1.91. The van der Waals surface area contributed by atoms with Gasteiger partial charge >= 0.3 is 6.36 Å². The van der Waals surface area contributed by atoms with Crippen molar-refractivity contribution < 1.29 is 32.6 Å². The molecule has 146 valence electrons. The highest BCUT2D eigenvalue weighted by atomic mass is 32.2. The molecule has 0 bridgehead atoms. The van der Waals surface area contributed by atoms with Gasteiger partial charge in [0.15, 0.2) is 0 Å². The van der Waals surface area contributed by atoms with Gasteiger partial charge in [0.05, 0.1) is 9.77 Å². The minimum Gasteiger partial charge on any atom is -0.406 e. The first-order valence-electron chi connectivity index (χ1n) is 7.36. The predicted octanol–water partition coefficient (Wildman–Crippen LogP) is 3.61. The van der Waals surface area contributed by atoms with E-state index < -0.39 is 23.8 Å². The molecular formula is C16H15F3N2O4S2. The molecule has 0 radical (unpaired) electrons. The topological polar surface area (TPSA) is 102 Å². The minimum absolute atomic E-state index is 0.0304. The first-order chi connectivity index (χ1) is 12.3. The maximum atomic E-state index is 12.3. The molecule has 0 unspecified atom stereocenters. The van der Waals surface area contributed by atoms with Gasteiger partial charge in [0.1, 0.15) is 16.4 Å². The summed E-state index contributed by atoms with van der Waals surface area (Å²) in [6.45, 7) is 2.56. The number of thiophene rings is 1. The number of rotatable bonds is 6. The normalized spacial score (nSPS) is 11.9. The lowest BCUT2D eigenvalue weighted by Gasteiger charge is -2.16. The first-order valence-corrected chi connectivity index (χ1v) is 8.99. The van der Waals surface area contributed by atoms with E-state index in [1.165, 1.54) is 32.0 Å². The Hall–Kier alpha value is -2.24. The third-order valence-corrected chi connectivity index (χ3v) is 5.17. The van der Waals surface area contributed by atoms with Crippen molar-refractivity contribution in [3.05, 3.63) is 35.9 Å². The number of ether oxygens (including phenoxy) is 1. The number of hydrogen-bond acceptors (Lipinski definition) is 6. The van der Waals surface area contributed by atoms with Gasteiger partial charge in [0.25, 0.3) is 11.8 Å². The maximum Gasteiger partial charge on any atom is 0.573 e. The molecule has 6 nitrogen and oxygen atoms in total. The highest BCUT2D eigenvalue weighted by Gasteiger charge is 2.31. The van der Waals surface area contributed by atoms with E-state index >= 15 is 0 Å². The van der Waals surface area contributed by atoms with Gasteiger partial charge in [-0.2, -0.15) is 0 Å². The van der Waals surface area contributed by atoms with Crippen molar-refractivity contribution in [2.24, 2.45) is 5.73 Å². The fourth-order valence-electron chi connectivity index (χ4n) is 1.80. The average molecular weight is 420 g/mol. The van der Waals surface area contributed by atoms with Gasteiger partial charge in [-0.05, 0) is 38.1 Å². The molecule has 0 aliphatic rings. The number of carbonyl (C=O) groups excluding carboxylic acids is 2. The second-order valence-corrected chi connectivity index (χ2v) is 8.24. The van der Waals surface area contributed by atoms with Gasteiger partial charge in [-0.25, -0.2) is 0 Å². The van der Waals surface area contributed by atoms with Crippen LogP contribution in [0.1, 0.15) is 24.2 Å². The summed E-state index contributed by atoms with van der Waals surface area (Å²) in [5.41, 5.74) is 3.66. The Morgan fingerprint density at radius 1 is 1.26 bits per heavy atom. The molecular weight excluding hydrogens is 405 g/mol. The van der Waals surface area contributed by atoms with Crippen molar-refractivity contribution in [1.29, 1.82) is 0 Å². The number of amides is 2. The van der Waals surface area contributed by atoms with Crippen LogP contribution in [0.2, 0.25) is 0 Å². The fourth-order valence-corrected chi connectivity index (χ4v) is 4.03. The zero-order valence-corrected chi connectivity index (χ0v) is 15.7. The number of aliphatic hydroxyl groups is 1. The summed E-state index contributed by atoms with van der Waals surface area (Å²) < 4.78 is 41.3. The van der Waals surface area contributed by atoms with E-state index in [0.29, 0.717) is 9.10 Å². The zero-order chi connectivity index (χ0) is 20.4. The lowest BCUT2D eigenvalue weighted by molar-refractivity contribution is -0.274. The number of primary amides is 1. The van der Waals surface area contributed by atoms with Crippen molar-refractivity contribution in [1.82, 2.24) is 0 Å². The summed E-state index contributed by atoms with van der Waals surface area (Å²) >= 11 is 2.07. The van der Waals surface area contributed by atoms with Crippen LogP contribution in [0.4, 0.5) is 18.2 Å². The Morgan fingerprint density at radius 2 is 1.93 bits per heavy atom. The number of benzene rings is 1. The third kappa shape index (κ3) is 6.15. The smallest absolute Gasteiger partial charge is 0.406 e. The van der Waals surface area contributed by atoms with Crippen molar-refractivity contribution in [3.63, 3.8) is 0 Å². The van der Waals surface area contributed by atoms with E-state index in [1.54, 1.807) is 6.07 Å². The summed E-state index contributed by atoms with van der Waals surface area (Å²) in [4.78, 5) is 23.9. The summed E-state index contributed by atoms with van der Waals surface area (Å²) in [7, 11) is 0. The van der Waals surface area contributed by atoms with Gasteiger partial charge in [-0.1, -0.05) is 17.8 Å². The second kappa shape index (κ2) is 7.79. The minimum atomic E-state index is -4.81. The number of nitrogens with one attached hydrogen (secondary N) is 1. The molecule has 0 spiro atoms. The lowest BCUT2D eigenvalue weighted by atomic mass is 10.1. The van der Waals surface area contributed by atoms with Crippen LogP contribution in [0.15, 0.2) is 39.4 Å². The van der Waals surface area contributed by atoms with Crippen LogP contribution >= 0.6 is 23.1 Å². The molecule has 2 amide bonds. The molecule has 1 aromatic heterocycles. The largest absolute Gasteiger partial charge is 0.573 e. The van der Waals surface area contributed by atoms with Gasteiger partial charge in [-0.15, -0.1) is 24.5 Å². The average Bonchev–Trinajstić information content (AvgIpc) is 2.87. The van der Waals surface area contributed by atoms with E-state index in [0.717, 1.165) is 29.2 Å². The molecule has 0 aliphatic carbocycles. The quantitative estimate of drug-likeness (QED) is 0.663. The van der Waals surface area contributed by atoms with E-state index in [-0.39, 0.29) is 16.3 Å². The zero-order valence-electron chi connectivity index (χ0n) is 14.1. The Bertz CT molecular complexity index is 860.